The van der Waals surface area contributed by atoms with Gasteiger partial charge >= 0.3 is 13.3 Å². The second-order valence-corrected chi connectivity index (χ2v) is 10.2. The fourth-order valence-corrected chi connectivity index (χ4v) is 4.27. The summed E-state index contributed by atoms with van der Waals surface area (Å²) < 4.78 is 26.3. The predicted molar refractivity (Wildman–Crippen MR) is 129 cm³/mol. The molecule has 2 atom stereocenters. The molecule has 0 amide bonds. The lowest BCUT2D eigenvalue weighted by Gasteiger charge is -2.17. The summed E-state index contributed by atoms with van der Waals surface area (Å²) in [6, 6.07) is 0. The lowest BCUT2D eigenvalue weighted by Crippen LogP contribution is -2.27. The van der Waals surface area contributed by atoms with Gasteiger partial charge in [-0.3, -0.25) is 0 Å². The van der Waals surface area contributed by atoms with Gasteiger partial charge in [-0.15, -0.1) is 0 Å². The summed E-state index contributed by atoms with van der Waals surface area (Å²) >= 11 is 0. The van der Waals surface area contributed by atoms with Crippen molar-refractivity contribution in [1.82, 2.24) is 0 Å². The molecule has 0 bridgehead atoms. The monoisotopic (exact) mass is 480 g/mol. The maximum atomic E-state index is 11.6. The number of hydrogen-bond acceptors (Lipinski definition) is 6. The zero-order chi connectivity index (χ0) is 23.9. The SMILES string of the molecule is CCCCCCCCCCCCCCCCCCOC[C@H](CO)OC(=O)P(=O)(O)OCC. The van der Waals surface area contributed by atoms with Gasteiger partial charge in [0.25, 0.3) is 0 Å². The fourth-order valence-electron chi connectivity index (χ4n) is 3.53. The highest BCUT2D eigenvalue weighted by molar-refractivity contribution is 7.70. The molecule has 8 heteroatoms. The average molecular weight is 481 g/mol. The maximum absolute atomic E-state index is 11.6. The van der Waals surface area contributed by atoms with E-state index in [1.54, 1.807) is 0 Å². The minimum atomic E-state index is -4.46. The van der Waals surface area contributed by atoms with E-state index in [2.05, 4.69) is 11.4 Å². The zero-order valence-electron chi connectivity index (χ0n) is 20.6. The van der Waals surface area contributed by atoms with E-state index < -0.39 is 26.0 Å². The molecule has 0 spiro atoms. The Labute approximate surface area is 196 Å². The van der Waals surface area contributed by atoms with Crippen LogP contribution >= 0.6 is 7.60 Å². The van der Waals surface area contributed by atoms with Crippen LogP contribution < -0.4 is 0 Å². The molecule has 0 saturated heterocycles. The van der Waals surface area contributed by atoms with E-state index in [1.807, 2.05) is 0 Å². The van der Waals surface area contributed by atoms with Crippen molar-refractivity contribution in [2.45, 2.75) is 123 Å². The van der Waals surface area contributed by atoms with Crippen LogP contribution in [0.3, 0.4) is 0 Å². The summed E-state index contributed by atoms with van der Waals surface area (Å²) in [7, 11) is -4.46. The molecule has 0 rings (SSSR count). The number of carbonyl (C=O) groups is 1. The van der Waals surface area contributed by atoms with Gasteiger partial charge in [0.15, 0.2) is 0 Å². The Morgan fingerprint density at radius 3 is 1.62 bits per heavy atom. The number of hydrogen-bond donors (Lipinski definition) is 2. The molecule has 7 nitrogen and oxygen atoms in total. The van der Waals surface area contributed by atoms with Gasteiger partial charge in [-0.2, -0.15) is 0 Å². The van der Waals surface area contributed by atoms with Gasteiger partial charge in [0.1, 0.15) is 6.10 Å². The molecule has 0 aromatic carbocycles. The van der Waals surface area contributed by atoms with Crippen molar-refractivity contribution in [3.8, 4) is 0 Å². The van der Waals surface area contributed by atoms with E-state index in [-0.39, 0.29) is 13.2 Å². The maximum Gasteiger partial charge on any atom is 0.435 e. The number of rotatable bonds is 24. The molecular formula is C24H49O7P. The molecule has 0 fully saturated rings. The van der Waals surface area contributed by atoms with Crippen LogP contribution in [0.5, 0.6) is 0 Å². The van der Waals surface area contributed by atoms with Crippen LogP contribution in [0.2, 0.25) is 0 Å². The summed E-state index contributed by atoms with van der Waals surface area (Å²) in [6.07, 6.45) is 19.9. The molecule has 192 valence electrons. The van der Waals surface area contributed by atoms with Crippen molar-refractivity contribution in [3.05, 3.63) is 0 Å². The quantitative estimate of drug-likeness (QED) is 0.113. The van der Waals surface area contributed by atoms with Crippen molar-refractivity contribution < 1.29 is 33.4 Å². The first-order valence-electron chi connectivity index (χ1n) is 12.8. The standard InChI is InChI=1S/C24H49O7P/c1-3-5-6-7-8-9-10-11-12-13-14-15-16-17-18-19-20-29-22-23(21-25)31-24(26)32(27,28)30-4-2/h23,25H,3-22H2,1-2H3,(H,27,28)/t23-/m0/s1. The molecule has 32 heavy (non-hydrogen) atoms. The fraction of sp³-hybridized carbons (Fsp3) is 0.958. The molecule has 2 N–H and O–H groups in total. The second kappa shape index (κ2) is 22.3. The van der Waals surface area contributed by atoms with Crippen molar-refractivity contribution in [3.63, 3.8) is 0 Å². The van der Waals surface area contributed by atoms with Crippen LogP contribution in [-0.2, 0) is 18.6 Å². The number of carbonyl (C=O) groups excluding carboxylic acids is 1. The van der Waals surface area contributed by atoms with Gasteiger partial charge in [-0.1, -0.05) is 103 Å². The molecule has 0 saturated carbocycles. The van der Waals surface area contributed by atoms with Crippen LogP contribution in [0, 0.1) is 0 Å². The molecular weight excluding hydrogens is 431 g/mol. The molecule has 0 aliphatic heterocycles. The first-order chi connectivity index (χ1) is 15.5. The van der Waals surface area contributed by atoms with Crippen molar-refractivity contribution in [2.24, 2.45) is 0 Å². The number of aliphatic hydroxyl groups excluding tert-OH is 1. The van der Waals surface area contributed by atoms with E-state index in [9.17, 15) is 19.4 Å². The Balaban J connectivity index is 3.44. The van der Waals surface area contributed by atoms with E-state index in [4.69, 9.17) is 9.47 Å². The van der Waals surface area contributed by atoms with E-state index in [0.717, 1.165) is 12.8 Å². The van der Waals surface area contributed by atoms with Gasteiger partial charge in [0, 0.05) is 6.61 Å². The minimum absolute atomic E-state index is 0.00684. The number of aliphatic hydroxyl groups is 1. The Morgan fingerprint density at radius 1 is 0.781 bits per heavy atom. The second-order valence-electron chi connectivity index (χ2n) is 8.50. The smallest absolute Gasteiger partial charge is 0.435 e. The summed E-state index contributed by atoms with van der Waals surface area (Å²) in [5.74, 6) is 0. The Kier molecular flexibility index (Phi) is 22.0. The normalized spacial score (nSPS) is 14.2. The van der Waals surface area contributed by atoms with Crippen LogP contribution in [0.25, 0.3) is 0 Å². The molecule has 0 radical (unpaired) electrons. The van der Waals surface area contributed by atoms with Crippen LogP contribution in [0.1, 0.15) is 117 Å². The van der Waals surface area contributed by atoms with Crippen LogP contribution in [0.4, 0.5) is 4.79 Å². The van der Waals surface area contributed by atoms with Crippen molar-refractivity contribution in [1.29, 1.82) is 0 Å². The summed E-state index contributed by atoms with van der Waals surface area (Å²) in [6.45, 7) is 3.71. The highest BCUT2D eigenvalue weighted by Crippen LogP contribution is 2.44. The Bertz CT molecular complexity index is 473. The molecule has 0 aromatic rings. The first-order valence-corrected chi connectivity index (χ1v) is 14.4. The van der Waals surface area contributed by atoms with Gasteiger partial charge in [0.05, 0.1) is 19.8 Å². The Hall–Kier alpha value is -0.460. The van der Waals surface area contributed by atoms with Gasteiger partial charge < -0.3 is 24.0 Å². The summed E-state index contributed by atoms with van der Waals surface area (Å²) in [5, 5.41) is 9.24. The van der Waals surface area contributed by atoms with Gasteiger partial charge in [-0.25, -0.2) is 9.36 Å². The van der Waals surface area contributed by atoms with Crippen molar-refractivity contribution >= 4 is 13.3 Å². The van der Waals surface area contributed by atoms with E-state index >= 15 is 0 Å². The first kappa shape index (κ1) is 31.5. The third-order valence-electron chi connectivity index (χ3n) is 5.45. The van der Waals surface area contributed by atoms with Gasteiger partial charge in [-0.05, 0) is 13.3 Å². The zero-order valence-corrected chi connectivity index (χ0v) is 21.5. The summed E-state index contributed by atoms with van der Waals surface area (Å²) in [5.41, 5.74) is -1.36. The van der Waals surface area contributed by atoms with Gasteiger partial charge in [0.2, 0.25) is 0 Å². The van der Waals surface area contributed by atoms with Crippen molar-refractivity contribution in [2.75, 3.05) is 26.4 Å². The van der Waals surface area contributed by atoms with Crippen LogP contribution in [-0.4, -0.2) is 48.2 Å². The van der Waals surface area contributed by atoms with E-state index in [0.29, 0.717) is 6.61 Å². The van der Waals surface area contributed by atoms with E-state index in [1.165, 1.54) is 96.8 Å². The molecule has 1 unspecified atom stereocenters. The topological polar surface area (TPSA) is 102 Å². The number of ether oxygens (including phenoxy) is 2. The largest absolute Gasteiger partial charge is 0.448 e. The predicted octanol–water partition coefficient (Wildman–Crippen LogP) is 6.98. The molecule has 0 aliphatic carbocycles. The Morgan fingerprint density at radius 2 is 1.22 bits per heavy atom. The lowest BCUT2D eigenvalue weighted by atomic mass is 10.0. The highest BCUT2D eigenvalue weighted by Gasteiger charge is 2.34. The summed E-state index contributed by atoms with van der Waals surface area (Å²) in [4.78, 5) is 21.0. The lowest BCUT2D eigenvalue weighted by molar-refractivity contribution is -0.00158. The minimum Gasteiger partial charge on any atom is -0.448 e. The third-order valence-corrected chi connectivity index (χ3v) is 6.63. The highest BCUT2D eigenvalue weighted by atomic mass is 31.2. The molecule has 0 heterocycles. The molecule has 0 aromatic heterocycles. The molecule has 0 aliphatic rings. The number of unbranched alkanes of at least 4 members (excludes halogenated alkanes) is 15. The third kappa shape index (κ3) is 19.0. The average Bonchev–Trinajstić information content (AvgIpc) is 2.77. The van der Waals surface area contributed by atoms with Crippen LogP contribution in [0.15, 0.2) is 0 Å².